The van der Waals surface area contributed by atoms with Crippen molar-refractivity contribution in [3.63, 3.8) is 0 Å². The lowest BCUT2D eigenvalue weighted by molar-refractivity contribution is -0.124. The molecule has 0 unspecified atom stereocenters. The molecule has 2 atom stereocenters. The zero-order chi connectivity index (χ0) is 18.1. The van der Waals surface area contributed by atoms with Crippen molar-refractivity contribution in [2.24, 2.45) is 0 Å². The second-order valence-corrected chi connectivity index (χ2v) is 7.05. The Balaban J connectivity index is 2.06. The maximum atomic E-state index is 12.9. The number of carbonyl (C=O) groups excluding carboxylic acids is 1. The summed E-state index contributed by atoms with van der Waals surface area (Å²) >= 11 is 0. The number of carbonyl (C=O) groups is 1. The van der Waals surface area contributed by atoms with Crippen molar-refractivity contribution in [3.8, 4) is 0 Å². The third-order valence-electron chi connectivity index (χ3n) is 4.49. The topological polar surface area (TPSA) is 53.6 Å². The van der Waals surface area contributed by atoms with Crippen LogP contribution in [0.2, 0.25) is 0 Å². The molecule has 1 saturated heterocycles. The van der Waals surface area contributed by atoms with Gasteiger partial charge < -0.3 is 15.4 Å². The Morgan fingerprint density at radius 3 is 2.48 bits per heavy atom. The van der Waals surface area contributed by atoms with Crippen LogP contribution in [0, 0.1) is 0 Å². The number of hydrogen-bond acceptors (Lipinski definition) is 4. The van der Waals surface area contributed by atoms with Crippen molar-refractivity contribution in [2.75, 3.05) is 32.8 Å². The van der Waals surface area contributed by atoms with Crippen LogP contribution < -0.4 is 10.6 Å². The number of morpholine rings is 1. The molecule has 140 valence electrons. The van der Waals surface area contributed by atoms with E-state index in [9.17, 15) is 4.79 Å². The van der Waals surface area contributed by atoms with E-state index in [4.69, 9.17) is 4.74 Å². The molecule has 0 bridgehead atoms. The van der Waals surface area contributed by atoms with Gasteiger partial charge in [0.2, 0.25) is 5.91 Å². The number of ether oxygens (including phenoxy) is 1. The zero-order valence-corrected chi connectivity index (χ0v) is 15.8. The molecule has 25 heavy (non-hydrogen) atoms. The van der Waals surface area contributed by atoms with Crippen LogP contribution in [0.1, 0.15) is 45.2 Å². The van der Waals surface area contributed by atoms with Crippen LogP contribution in [0.15, 0.2) is 30.3 Å². The molecule has 0 saturated carbocycles. The van der Waals surface area contributed by atoms with Gasteiger partial charge in [-0.2, -0.15) is 0 Å². The first-order chi connectivity index (χ1) is 12.1. The van der Waals surface area contributed by atoms with Crippen LogP contribution in [0.5, 0.6) is 0 Å². The Bertz CT molecular complexity index is 501. The monoisotopic (exact) mass is 347 g/mol. The number of nitrogens with zero attached hydrogens (tertiary/aromatic N) is 1. The van der Waals surface area contributed by atoms with E-state index >= 15 is 0 Å². The van der Waals surface area contributed by atoms with Crippen LogP contribution in [0.4, 0.5) is 0 Å². The normalized spacial score (nSPS) is 18.1. The molecule has 1 heterocycles. The number of rotatable bonds is 9. The smallest absolute Gasteiger partial charge is 0.237 e. The van der Waals surface area contributed by atoms with E-state index in [1.54, 1.807) is 0 Å². The molecule has 0 aliphatic carbocycles. The molecule has 1 fully saturated rings. The zero-order valence-electron chi connectivity index (χ0n) is 15.8. The molecule has 1 aromatic carbocycles. The Kier molecular flexibility index (Phi) is 8.38. The summed E-state index contributed by atoms with van der Waals surface area (Å²) in [4.78, 5) is 15.2. The highest BCUT2D eigenvalue weighted by Crippen LogP contribution is 2.16. The first kappa shape index (κ1) is 19.9. The van der Waals surface area contributed by atoms with Gasteiger partial charge in [0, 0.05) is 25.7 Å². The molecule has 0 spiro atoms. The quantitative estimate of drug-likeness (QED) is 0.720. The summed E-state index contributed by atoms with van der Waals surface area (Å²) in [6.45, 7) is 10.5. The van der Waals surface area contributed by atoms with E-state index in [1.165, 1.54) is 0 Å². The second kappa shape index (κ2) is 10.5. The summed E-state index contributed by atoms with van der Waals surface area (Å²) in [5.41, 5.74) is 1.15. The molecule has 1 aliphatic heterocycles. The molecule has 5 heteroatoms. The molecule has 0 aromatic heterocycles. The molecule has 2 rings (SSSR count). The van der Waals surface area contributed by atoms with Gasteiger partial charge in [0.15, 0.2) is 0 Å². The van der Waals surface area contributed by atoms with Gasteiger partial charge in [-0.05, 0) is 12.0 Å². The number of hydrogen-bond donors (Lipinski definition) is 2. The maximum absolute atomic E-state index is 12.9. The van der Waals surface area contributed by atoms with Crippen LogP contribution in [-0.2, 0) is 9.53 Å². The third kappa shape index (κ3) is 6.77. The molecular formula is C20H33N3O2. The van der Waals surface area contributed by atoms with E-state index in [0.717, 1.165) is 51.3 Å². The summed E-state index contributed by atoms with van der Waals surface area (Å²) in [6.07, 6.45) is 1.83. The van der Waals surface area contributed by atoms with Gasteiger partial charge in [-0.15, -0.1) is 0 Å². The van der Waals surface area contributed by atoms with Gasteiger partial charge >= 0.3 is 0 Å². The first-order valence-electron chi connectivity index (χ1n) is 9.51. The van der Waals surface area contributed by atoms with Crippen molar-refractivity contribution in [1.82, 2.24) is 15.5 Å². The van der Waals surface area contributed by atoms with Crippen molar-refractivity contribution < 1.29 is 9.53 Å². The fraction of sp³-hybridized carbons (Fsp3) is 0.650. The lowest BCUT2D eigenvalue weighted by Gasteiger charge is -2.32. The summed E-state index contributed by atoms with van der Waals surface area (Å²) in [5, 5.41) is 6.68. The summed E-state index contributed by atoms with van der Waals surface area (Å²) in [7, 11) is 0. The minimum atomic E-state index is -0.138. The van der Waals surface area contributed by atoms with E-state index < -0.39 is 0 Å². The van der Waals surface area contributed by atoms with Crippen molar-refractivity contribution >= 4 is 5.91 Å². The molecule has 1 aromatic rings. The van der Waals surface area contributed by atoms with E-state index in [-0.39, 0.29) is 24.0 Å². The predicted octanol–water partition coefficient (Wildman–Crippen LogP) is 2.34. The Hall–Kier alpha value is -1.43. The van der Waals surface area contributed by atoms with Gasteiger partial charge in [0.05, 0.1) is 25.3 Å². The molecule has 5 nitrogen and oxygen atoms in total. The minimum absolute atomic E-state index is 0.000110. The largest absolute Gasteiger partial charge is 0.379 e. The summed E-state index contributed by atoms with van der Waals surface area (Å²) in [6, 6.07) is 10.4. The number of nitrogens with one attached hydrogen (secondary N) is 2. The van der Waals surface area contributed by atoms with Crippen molar-refractivity contribution in [1.29, 1.82) is 0 Å². The average molecular weight is 348 g/mol. The van der Waals surface area contributed by atoms with Gasteiger partial charge in [0.1, 0.15) is 0 Å². The minimum Gasteiger partial charge on any atom is -0.379 e. The summed E-state index contributed by atoms with van der Waals surface area (Å²) in [5.74, 6) is 0.0951. The predicted molar refractivity (Wildman–Crippen MR) is 102 cm³/mol. The van der Waals surface area contributed by atoms with E-state index in [0.29, 0.717) is 0 Å². The molecule has 2 N–H and O–H groups in total. The van der Waals surface area contributed by atoms with Crippen LogP contribution in [-0.4, -0.2) is 55.7 Å². The Labute approximate surface area is 152 Å². The SMILES string of the molecule is CCC[C@H](NC(C)C)C(=O)N[C@H](CN1CCOCC1)c1ccccc1. The first-order valence-corrected chi connectivity index (χ1v) is 9.51. The number of amides is 1. The second-order valence-electron chi connectivity index (χ2n) is 7.05. The van der Waals surface area contributed by atoms with Gasteiger partial charge in [-0.25, -0.2) is 0 Å². The van der Waals surface area contributed by atoms with Crippen LogP contribution in [0.25, 0.3) is 0 Å². The lowest BCUT2D eigenvalue weighted by Crippen LogP contribution is -2.50. The Morgan fingerprint density at radius 2 is 1.88 bits per heavy atom. The maximum Gasteiger partial charge on any atom is 0.237 e. The lowest BCUT2D eigenvalue weighted by atomic mass is 10.0. The molecule has 0 radical (unpaired) electrons. The average Bonchev–Trinajstić information content (AvgIpc) is 2.62. The third-order valence-corrected chi connectivity index (χ3v) is 4.49. The van der Waals surface area contributed by atoms with Crippen molar-refractivity contribution in [2.45, 2.75) is 51.7 Å². The highest BCUT2D eigenvalue weighted by molar-refractivity contribution is 5.82. The fourth-order valence-electron chi connectivity index (χ4n) is 3.22. The Morgan fingerprint density at radius 1 is 1.20 bits per heavy atom. The van der Waals surface area contributed by atoms with Crippen LogP contribution in [0.3, 0.4) is 0 Å². The highest BCUT2D eigenvalue weighted by atomic mass is 16.5. The van der Waals surface area contributed by atoms with Gasteiger partial charge in [-0.3, -0.25) is 9.69 Å². The fourth-order valence-corrected chi connectivity index (χ4v) is 3.22. The highest BCUT2D eigenvalue weighted by Gasteiger charge is 2.24. The van der Waals surface area contributed by atoms with Crippen molar-refractivity contribution in [3.05, 3.63) is 35.9 Å². The summed E-state index contributed by atoms with van der Waals surface area (Å²) < 4.78 is 5.44. The van der Waals surface area contributed by atoms with Crippen LogP contribution >= 0.6 is 0 Å². The standard InChI is InChI=1S/C20H33N3O2/c1-4-8-18(21-16(2)3)20(24)22-19(17-9-6-5-7-10-17)15-23-11-13-25-14-12-23/h5-7,9-10,16,18-19,21H,4,8,11-15H2,1-3H3,(H,22,24)/t18-,19+/m0/s1. The van der Waals surface area contributed by atoms with E-state index in [2.05, 4.69) is 48.4 Å². The van der Waals surface area contributed by atoms with Gasteiger partial charge in [-0.1, -0.05) is 57.5 Å². The van der Waals surface area contributed by atoms with Gasteiger partial charge in [0.25, 0.3) is 0 Å². The molecule has 1 amide bonds. The van der Waals surface area contributed by atoms with E-state index in [1.807, 2.05) is 18.2 Å². The molecular weight excluding hydrogens is 314 g/mol. The molecule has 1 aliphatic rings. The number of benzene rings is 1.